The predicted octanol–water partition coefficient (Wildman–Crippen LogP) is 4.10. The summed E-state index contributed by atoms with van der Waals surface area (Å²) in [4.78, 5) is 18.0. The van der Waals surface area contributed by atoms with Crippen molar-refractivity contribution in [1.82, 2.24) is 24.3 Å². The van der Waals surface area contributed by atoms with Gasteiger partial charge in [0.15, 0.2) is 4.96 Å². The smallest absolute Gasteiger partial charge is 0.194 e. The monoisotopic (exact) mass is 367 g/mol. The Labute approximate surface area is 158 Å². The maximum atomic E-state index is 4.97. The molecular formula is C20H25N5S. The van der Waals surface area contributed by atoms with Crippen LogP contribution in [-0.4, -0.2) is 30.8 Å². The summed E-state index contributed by atoms with van der Waals surface area (Å²) in [6.07, 6.45) is 11.8. The molecule has 1 aliphatic heterocycles. The lowest BCUT2D eigenvalue weighted by atomic mass is 9.88. The van der Waals surface area contributed by atoms with E-state index in [0.717, 1.165) is 42.5 Å². The van der Waals surface area contributed by atoms with Gasteiger partial charge >= 0.3 is 0 Å². The number of hydrogen-bond donors (Lipinski definition) is 0. The zero-order valence-corrected chi connectivity index (χ0v) is 16.1. The number of fused-ring (bicyclic) bond motifs is 2. The fourth-order valence-corrected chi connectivity index (χ4v) is 5.20. The van der Waals surface area contributed by atoms with Crippen molar-refractivity contribution < 1.29 is 0 Å². The predicted molar refractivity (Wildman–Crippen MR) is 103 cm³/mol. The van der Waals surface area contributed by atoms with E-state index in [1.54, 1.807) is 11.3 Å². The van der Waals surface area contributed by atoms with Gasteiger partial charge in [0, 0.05) is 61.0 Å². The third-order valence-electron chi connectivity index (χ3n) is 5.94. The van der Waals surface area contributed by atoms with Crippen molar-refractivity contribution in [1.29, 1.82) is 0 Å². The van der Waals surface area contributed by atoms with Crippen LogP contribution in [0.15, 0.2) is 17.8 Å². The average molecular weight is 368 g/mol. The maximum Gasteiger partial charge on any atom is 0.194 e. The second-order valence-electron chi connectivity index (χ2n) is 7.70. The molecule has 0 atom stereocenters. The molecule has 6 heteroatoms. The van der Waals surface area contributed by atoms with Gasteiger partial charge in [-0.2, -0.15) is 0 Å². The van der Waals surface area contributed by atoms with Gasteiger partial charge in [-0.1, -0.05) is 19.3 Å². The normalized spacial score (nSPS) is 19.1. The number of imidazole rings is 1. The first kappa shape index (κ1) is 16.4. The molecule has 4 heterocycles. The largest absolute Gasteiger partial charge is 0.293 e. The van der Waals surface area contributed by atoms with Crippen LogP contribution in [0.3, 0.4) is 0 Å². The highest BCUT2D eigenvalue weighted by Crippen LogP contribution is 2.31. The molecule has 136 valence electrons. The topological polar surface area (TPSA) is 46.3 Å². The highest BCUT2D eigenvalue weighted by molar-refractivity contribution is 7.15. The molecule has 0 bridgehead atoms. The van der Waals surface area contributed by atoms with Gasteiger partial charge < -0.3 is 0 Å². The molecule has 0 unspecified atom stereocenters. The molecule has 1 aliphatic carbocycles. The molecule has 5 rings (SSSR count). The quantitative estimate of drug-likeness (QED) is 0.699. The van der Waals surface area contributed by atoms with Gasteiger partial charge in [-0.25, -0.2) is 15.0 Å². The second-order valence-corrected chi connectivity index (χ2v) is 8.57. The first-order valence-corrected chi connectivity index (χ1v) is 10.6. The van der Waals surface area contributed by atoms with Crippen LogP contribution in [0, 0.1) is 6.92 Å². The van der Waals surface area contributed by atoms with Crippen molar-refractivity contribution in [3.63, 3.8) is 0 Å². The molecule has 3 aromatic rings. The lowest BCUT2D eigenvalue weighted by Gasteiger charge is -2.29. The minimum Gasteiger partial charge on any atom is -0.293 e. The van der Waals surface area contributed by atoms with Gasteiger partial charge in [0.25, 0.3) is 0 Å². The molecular weight excluding hydrogens is 342 g/mol. The molecule has 0 amide bonds. The summed E-state index contributed by atoms with van der Waals surface area (Å²) in [6.45, 7) is 5.06. The van der Waals surface area contributed by atoms with E-state index < -0.39 is 0 Å². The number of nitrogens with zero attached hydrogens (tertiary/aromatic N) is 5. The highest BCUT2D eigenvalue weighted by Gasteiger charge is 2.23. The third kappa shape index (κ3) is 2.95. The molecule has 26 heavy (non-hydrogen) atoms. The van der Waals surface area contributed by atoms with Crippen LogP contribution >= 0.6 is 11.3 Å². The first-order chi connectivity index (χ1) is 12.8. The molecule has 0 saturated heterocycles. The zero-order valence-electron chi connectivity index (χ0n) is 15.3. The summed E-state index contributed by atoms with van der Waals surface area (Å²) in [5.74, 6) is 1.69. The number of hydrogen-bond acceptors (Lipinski definition) is 5. The van der Waals surface area contributed by atoms with Gasteiger partial charge in [-0.05, 0) is 19.8 Å². The Balaban J connectivity index is 1.33. The van der Waals surface area contributed by atoms with Crippen molar-refractivity contribution in [3.05, 3.63) is 46.2 Å². The number of aryl methyl sites for hydroxylation is 1. The summed E-state index contributed by atoms with van der Waals surface area (Å²) in [7, 11) is 0. The van der Waals surface area contributed by atoms with Crippen LogP contribution in [0.5, 0.6) is 0 Å². The Morgan fingerprint density at radius 1 is 1.19 bits per heavy atom. The number of thiazole rings is 1. The fraction of sp³-hybridized carbons (Fsp3) is 0.550. The van der Waals surface area contributed by atoms with E-state index in [1.165, 1.54) is 49.1 Å². The summed E-state index contributed by atoms with van der Waals surface area (Å²) >= 11 is 1.70. The fourth-order valence-electron chi connectivity index (χ4n) is 4.43. The van der Waals surface area contributed by atoms with Crippen LogP contribution in [0.4, 0.5) is 0 Å². The second kappa shape index (κ2) is 6.74. The van der Waals surface area contributed by atoms with E-state index in [-0.39, 0.29) is 0 Å². The summed E-state index contributed by atoms with van der Waals surface area (Å²) in [5.41, 5.74) is 5.04. The molecule has 0 N–H and O–H groups in total. The zero-order chi connectivity index (χ0) is 17.5. The number of aromatic nitrogens is 4. The number of rotatable bonds is 3. The Hall–Kier alpha value is -1.79. The van der Waals surface area contributed by atoms with Crippen molar-refractivity contribution >= 4 is 16.3 Å². The van der Waals surface area contributed by atoms with E-state index in [0.29, 0.717) is 5.92 Å². The van der Waals surface area contributed by atoms with Gasteiger partial charge in [-0.15, -0.1) is 11.3 Å². The minimum atomic E-state index is 0.591. The van der Waals surface area contributed by atoms with Crippen molar-refractivity contribution in [2.75, 3.05) is 6.54 Å². The van der Waals surface area contributed by atoms with E-state index >= 15 is 0 Å². The Morgan fingerprint density at radius 2 is 2.08 bits per heavy atom. The molecule has 3 aromatic heterocycles. The van der Waals surface area contributed by atoms with Crippen LogP contribution in [0.25, 0.3) is 4.96 Å². The minimum absolute atomic E-state index is 0.591. The first-order valence-electron chi connectivity index (χ1n) is 9.76. The molecule has 0 aromatic carbocycles. The lowest BCUT2D eigenvalue weighted by Crippen LogP contribution is -2.32. The maximum absolute atomic E-state index is 4.97. The summed E-state index contributed by atoms with van der Waals surface area (Å²) in [6, 6.07) is 0. The Kier molecular flexibility index (Phi) is 4.25. The van der Waals surface area contributed by atoms with E-state index in [1.807, 2.05) is 0 Å². The van der Waals surface area contributed by atoms with Gasteiger partial charge in [-0.3, -0.25) is 9.30 Å². The van der Waals surface area contributed by atoms with Crippen LogP contribution in [-0.2, 0) is 19.5 Å². The van der Waals surface area contributed by atoms with Crippen molar-refractivity contribution in [3.8, 4) is 0 Å². The van der Waals surface area contributed by atoms with E-state index in [2.05, 4.69) is 39.0 Å². The van der Waals surface area contributed by atoms with Crippen molar-refractivity contribution in [2.24, 2.45) is 0 Å². The van der Waals surface area contributed by atoms with Crippen LogP contribution < -0.4 is 0 Å². The summed E-state index contributed by atoms with van der Waals surface area (Å²) in [5, 5.41) is 2.11. The lowest BCUT2D eigenvalue weighted by molar-refractivity contribution is 0.238. The molecule has 1 saturated carbocycles. The molecule has 1 fully saturated rings. The standard InChI is InChI=1S/C20H25N5S/c1-14-18(25-9-10-26-20(25)22-14)13-24-8-7-17-16(12-24)11-21-19(23-17)15-5-3-2-4-6-15/h9-11,15H,2-8,12-13H2,1H3. The van der Waals surface area contributed by atoms with Gasteiger partial charge in [0.2, 0.25) is 0 Å². The molecule has 2 aliphatic rings. The van der Waals surface area contributed by atoms with E-state index in [4.69, 9.17) is 9.97 Å². The SMILES string of the molecule is Cc1nc2sccn2c1CN1CCc2nc(C3CCCCC3)ncc2C1. The average Bonchev–Trinajstić information content (AvgIpc) is 3.24. The third-order valence-corrected chi connectivity index (χ3v) is 6.69. The van der Waals surface area contributed by atoms with Crippen LogP contribution in [0.2, 0.25) is 0 Å². The van der Waals surface area contributed by atoms with Gasteiger partial charge in [0.1, 0.15) is 5.82 Å². The molecule has 0 spiro atoms. The van der Waals surface area contributed by atoms with Gasteiger partial charge in [0.05, 0.1) is 11.4 Å². The summed E-state index contributed by atoms with van der Waals surface area (Å²) < 4.78 is 2.23. The Morgan fingerprint density at radius 3 is 2.96 bits per heavy atom. The van der Waals surface area contributed by atoms with Crippen LogP contribution in [0.1, 0.15) is 66.5 Å². The molecule has 5 nitrogen and oxygen atoms in total. The highest BCUT2D eigenvalue weighted by atomic mass is 32.1. The Bertz CT molecular complexity index is 922. The molecule has 0 radical (unpaired) electrons. The van der Waals surface area contributed by atoms with E-state index in [9.17, 15) is 0 Å². The van der Waals surface area contributed by atoms with Crippen molar-refractivity contribution in [2.45, 2.75) is 64.5 Å².